The van der Waals surface area contributed by atoms with Crippen LogP contribution in [-0.2, 0) is 6.42 Å². The first kappa shape index (κ1) is 22.4. The molecule has 152 valence electrons. The van der Waals surface area contributed by atoms with Gasteiger partial charge in [-0.1, -0.05) is 69.0 Å². The highest BCUT2D eigenvalue weighted by molar-refractivity contribution is 5.26. The molecule has 0 unspecified atom stereocenters. The predicted octanol–water partition coefficient (Wildman–Crippen LogP) is 8.19. The van der Waals surface area contributed by atoms with Crippen molar-refractivity contribution in [3.05, 3.63) is 59.4 Å². The molecule has 1 aliphatic carbocycles. The van der Waals surface area contributed by atoms with Crippen molar-refractivity contribution in [2.75, 3.05) is 0 Å². The number of unbranched alkanes of at least 4 members (excludes halogenated alkanes) is 4. The molecule has 0 radical (unpaired) electrons. The Morgan fingerprint density at radius 1 is 1.07 bits per heavy atom. The second-order valence-electron chi connectivity index (χ2n) is 8.26. The van der Waals surface area contributed by atoms with E-state index in [0.717, 1.165) is 18.3 Å². The quantitative estimate of drug-likeness (QED) is 0.215. The molecule has 0 saturated heterocycles. The van der Waals surface area contributed by atoms with Gasteiger partial charge in [0.1, 0.15) is 6.07 Å². The zero-order valence-corrected chi connectivity index (χ0v) is 17.5. The highest BCUT2D eigenvalue weighted by atomic mass is 19.1. The molecule has 2 rings (SSSR count). The van der Waals surface area contributed by atoms with Gasteiger partial charge >= 0.3 is 0 Å². The Labute approximate surface area is 171 Å². The Morgan fingerprint density at radius 2 is 1.79 bits per heavy atom. The molecule has 0 N–H and O–H groups in total. The molecule has 1 aromatic carbocycles. The van der Waals surface area contributed by atoms with E-state index in [-0.39, 0.29) is 0 Å². The van der Waals surface area contributed by atoms with Gasteiger partial charge in [0.25, 0.3) is 0 Å². The molecule has 0 atom stereocenters. The molecule has 2 heteroatoms. The molecule has 0 amide bonds. The third kappa shape index (κ3) is 8.42. The van der Waals surface area contributed by atoms with Crippen LogP contribution in [0.4, 0.5) is 4.39 Å². The maximum Gasteiger partial charge on any atom is 0.199 e. The summed E-state index contributed by atoms with van der Waals surface area (Å²) in [5.74, 6) is 0.783. The Bertz CT molecular complexity index is 642. The minimum Gasteiger partial charge on any atom is -0.195 e. The molecule has 1 saturated carbocycles. The normalized spacial score (nSPS) is 20.4. The maximum absolute atomic E-state index is 12.7. The largest absolute Gasteiger partial charge is 0.199 e. The molecule has 1 fully saturated rings. The molecular formula is C26H36FN. The fourth-order valence-corrected chi connectivity index (χ4v) is 4.29. The van der Waals surface area contributed by atoms with Crippen LogP contribution in [-0.4, -0.2) is 0 Å². The minimum absolute atomic E-state index is 0.720. The molecule has 28 heavy (non-hydrogen) atoms. The van der Waals surface area contributed by atoms with Crippen molar-refractivity contribution in [2.45, 2.75) is 89.9 Å². The van der Waals surface area contributed by atoms with E-state index in [4.69, 9.17) is 5.26 Å². The zero-order chi connectivity index (χ0) is 20.0. The lowest BCUT2D eigenvalue weighted by atomic mass is 9.77. The summed E-state index contributed by atoms with van der Waals surface area (Å²) < 4.78 is 12.7. The average molecular weight is 382 g/mol. The fraction of sp³-hybridized carbons (Fsp3) is 0.577. The van der Waals surface area contributed by atoms with Gasteiger partial charge in [0.15, 0.2) is 5.83 Å². The van der Waals surface area contributed by atoms with Crippen LogP contribution in [0.3, 0.4) is 0 Å². The lowest BCUT2D eigenvalue weighted by Gasteiger charge is -2.28. The van der Waals surface area contributed by atoms with Crippen molar-refractivity contribution in [3.63, 3.8) is 0 Å². The number of halogens is 1. The Morgan fingerprint density at radius 3 is 2.46 bits per heavy atom. The van der Waals surface area contributed by atoms with Gasteiger partial charge in [-0.05, 0) is 80.4 Å². The van der Waals surface area contributed by atoms with Gasteiger partial charge in [-0.2, -0.15) is 9.65 Å². The van der Waals surface area contributed by atoms with Crippen molar-refractivity contribution >= 4 is 0 Å². The minimum atomic E-state index is -0.723. The van der Waals surface area contributed by atoms with Crippen LogP contribution in [0.25, 0.3) is 0 Å². The summed E-state index contributed by atoms with van der Waals surface area (Å²) in [4.78, 5) is 0. The molecule has 0 aromatic heterocycles. The lowest BCUT2D eigenvalue weighted by Crippen LogP contribution is -2.13. The van der Waals surface area contributed by atoms with Crippen LogP contribution in [0, 0.1) is 17.2 Å². The van der Waals surface area contributed by atoms with Gasteiger partial charge in [0.05, 0.1) is 0 Å². The van der Waals surface area contributed by atoms with E-state index in [1.54, 1.807) is 6.08 Å². The topological polar surface area (TPSA) is 23.8 Å². The van der Waals surface area contributed by atoms with Gasteiger partial charge < -0.3 is 0 Å². The maximum atomic E-state index is 12.7. The first-order valence-corrected chi connectivity index (χ1v) is 11.2. The molecule has 1 aromatic rings. The van der Waals surface area contributed by atoms with E-state index < -0.39 is 5.83 Å². The van der Waals surface area contributed by atoms with Gasteiger partial charge in [-0.15, -0.1) is 0 Å². The van der Waals surface area contributed by atoms with Crippen LogP contribution < -0.4 is 0 Å². The summed E-state index contributed by atoms with van der Waals surface area (Å²) in [6, 6.07) is 10.9. The van der Waals surface area contributed by atoms with Gasteiger partial charge in [-0.25, -0.2) is 0 Å². The monoisotopic (exact) mass is 381 g/mol. The number of hydrogen-bond acceptors (Lipinski definition) is 1. The van der Waals surface area contributed by atoms with E-state index in [2.05, 4.69) is 31.2 Å². The van der Waals surface area contributed by atoms with E-state index in [1.807, 2.05) is 6.08 Å². The van der Waals surface area contributed by atoms with Crippen molar-refractivity contribution < 1.29 is 4.39 Å². The van der Waals surface area contributed by atoms with Gasteiger partial charge in [-0.3, -0.25) is 0 Å². The third-order valence-corrected chi connectivity index (χ3v) is 6.09. The predicted molar refractivity (Wildman–Crippen MR) is 117 cm³/mol. The number of rotatable bonds is 11. The van der Waals surface area contributed by atoms with Gasteiger partial charge in [0, 0.05) is 0 Å². The number of allylic oxidation sites excluding steroid dienone is 4. The summed E-state index contributed by atoms with van der Waals surface area (Å²) in [6.45, 7) is 2.27. The van der Waals surface area contributed by atoms with E-state index in [1.165, 1.54) is 93.9 Å². The summed E-state index contributed by atoms with van der Waals surface area (Å²) in [5, 5.41) is 8.37. The second kappa shape index (κ2) is 13.3. The SMILES string of the molecule is CCCCCCCc1ccc(C2CCC(CC/C=C/C=C(\F)C#N)CC2)cc1. The van der Waals surface area contributed by atoms with E-state index in [9.17, 15) is 4.39 Å². The average Bonchev–Trinajstić information content (AvgIpc) is 2.74. The van der Waals surface area contributed by atoms with Crippen LogP contribution in [0.1, 0.15) is 94.6 Å². The molecule has 1 nitrogen and oxygen atoms in total. The number of nitrogens with zero attached hydrogens (tertiary/aromatic N) is 1. The smallest absolute Gasteiger partial charge is 0.195 e. The lowest BCUT2D eigenvalue weighted by molar-refractivity contribution is 0.312. The van der Waals surface area contributed by atoms with E-state index in [0.29, 0.717) is 0 Å². The number of nitriles is 1. The van der Waals surface area contributed by atoms with Crippen LogP contribution in [0.15, 0.2) is 48.3 Å². The Hall–Kier alpha value is -1.88. The molecule has 0 spiro atoms. The summed E-state index contributed by atoms with van der Waals surface area (Å²) in [6.07, 6.45) is 20.1. The van der Waals surface area contributed by atoms with E-state index >= 15 is 0 Å². The number of benzene rings is 1. The van der Waals surface area contributed by atoms with Gasteiger partial charge in [0.2, 0.25) is 0 Å². The molecule has 1 aliphatic rings. The first-order valence-electron chi connectivity index (χ1n) is 11.2. The van der Waals surface area contributed by atoms with Crippen molar-refractivity contribution in [1.29, 1.82) is 5.26 Å². The van der Waals surface area contributed by atoms with Crippen LogP contribution in [0.5, 0.6) is 0 Å². The summed E-state index contributed by atoms with van der Waals surface area (Å²) in [7, 11) is 0. The van der Waals surface area contributed by atoms with Crippen molar-refractivity contribution in [1.82, 2.24) is 0 Å². The van der Waals surface area contributed by atoms with Crippen LogP contribution >= 0.6 is 0 Å². The van der Waals surface area contributed by atoms with Crippen molar-refractivity contribution in [2.24, 2.45) is 5.92 Å². The molecule has 0 heterocycles. The molecule has 0 aliphatic heterocycles. The summed E-state index contributed by atoms with van der Waals surface area (Å²) in [5.41, 5.74) is 3.01. The standard InChI is InChI=1S/C26H36FN/c1-2-3-4-5-7-10-22-13-17-24(18-14-22)25-19-15-23(16-20-25)11-8-6-9-12-26(27)21-28/h6,9,12-14,17-18,23,25H,2-5,7-8,10-11,15-16,19-20H2,1H3/b9-6+,26-12-. The highest BCUT2D eigenvalue weighted by Gasteiger charge is 2.21. The highest BCUT2D eigenvalue weighted by Crippen LogP contribution is 2.37. The number of hydrogen-bond donors (Lipinski definition) is 0. The summed E-state index contributed by atoms with van der Waals surface area (Å²) >= 11 is 0. The Balaban J connectivity index is 1.66. The third-order valence-electron chi connectivity index (χ3n) is 6.09. The molecular weight excluding hydrogens is 345 g/mol. The number of aryl methyl sites for hydroxylation is 1. The fourth-order valence-electron chi connectivity index (χ4n) is 4.29. The second-order valence-corrected chi connectivity index (χ2v) is 8.26. The Kier molecular flexibility index (Phi) is 10.7. The molecule has 0 bridgehead atoms. The first-order chi connectivity index (χ1) is 13.7. The zero-order valence-electron chi connectivity index (χ0n) is 17.5. The van der Waals surface area contributed by atoms with Crippen molar-refractivity contribution in [3.8, 4) is 6.07 Å². The van der Waals surface area contributed by atoms with Crippen LogP contribution in [0.2, 0.25) is 0 Å².